The fraction of sp³-hybridized carbons (Fsp3) is 0.118. The van der Waals surface area contributed by atoms with Crippen LogP contribution in [0.5, 0.6) is 0 Å². The average molecular weight is 313 g/mol. The maximum Gasteiger partial charge on any atom is 0.329 e. The van der Waals surface area contributed by atoms with E-state index in [2.05, 4.69) is 15.8 Å². The topological polar surface area (TPSA) is 70.6 Å². The Labute approximate surface area is 133 Å². The molecular formula is C17H16FN3O2. The van der Waals surface area contributed by atoms with E-state index in [1.807, 2.05) is 26.0 Å². The molecule has 0 saturated carbocycles. The maximum absolute atomic E-state index is 12.7. The van der Waals surface area contributed by atoms with E-state index >= 15 is 0 Å². The zero-order valence-corrected chi connectivity index (χ0v) is 12.8. The van der Waals surface area contributed by atoms with Gasteiger partial charge in [0, 0.05) is 5.69 Å². The van der Waals surface area contributed by atoms with Crippen molar-refractivity contribution >= 4 is 23.7 Å². The van der Waals surface area contributed by atoms with Crippen molar-refractivity contribution in [3.05, 3.63) is 65.0 Å². The molecule has 0 radical (unpaired) electrons. The van der Waals surface area contributed by atoms with E-state index < -0.39 is 11.8 Å². The monoisotopic (exact) mass is 313 g/mol. The number of nitrogens with one attached hydrogen (secondary N) is 2. The fourth-order valence-electron chi connectivity index (χ4n) is 1.90. The van der Waals surface area contributed by atoms with Crippen LogP contribution in [0.15, 0.2) is 47.6 Å². The van der Waals surface area contributed by atoms with Gasteiger partial charge in [-0.25, -0.2) is 9.82 Å². The van der Waals surface area contributed by atoms with Gasteiger partial charge in [0.25, 0.3) is 0 Å². The van der Waals surface area contributed by atoms with Crippen LogP contribution in [-0.2, 0) is 9.59 Å². The minimum atomic E-state index is -0.886. The van der Waals surface area contributed by atoms with Gasteiger partial charge in [0.1, 0.15) is 5.82 Å². The summed E-state index contributed by atoms with van der Waals surface area (Å²) < 4.78 is 12.7. The van der Waals surface area contributed by atoms with Gasteiger partial charge in [0.05, 0.1) is 6.21 Å². The number of halogens is 1. The maximum atomic E-state index is 12.7. The Bertz CT molecular complexity index is 755. The summed E-state index contributed by atoms with van der Waals surface area (Å²) >= 11 is 0. The van der Waals surface area contributed by atoms with Crippen molar-refractivity contribution in [2.45, 2.75) is 13.8 Å². The number of hydrogen-bond donors (Lipinski definition) is 2. The molecule has 2 rings (SSSR count). The molecule has 0 spiro atoms. The highest BCUT2D eigenvalue weighted by molar-refractivity contribution is 6.39. The van der Waals surface area contributed by atoms with E-state index in [4.69, 9.17) is 0 Å². The van der Waals surface area contributed by atoms with Gasteiger partial charge in [0.2, 0.25) is 0 Å². The largest absolute Gasteiger partial charge is 0.329 e. The molecule has 0 bridgehead atoms. The first-order valence-corrected chi connectivity index (χ1v) is 6.93. The number of carbonyl (C=O) groups is 2. The minimum Gasteiger partial charge on any atom is -0.317 e. The van der Waals surface area contributed by atoms with Crippen LogP contribution in [0.3, 0.4) is 0 Å². The first-order chi connectivity index (χ1) is 11.0. The molecule has 0 aliphatic rings. The molecular weight excluding hydrogens is 297 g/mol. The van der Waals surface area contributed by atoms with E-state index in [9.17, 15) is 14.0 Å². The van der Waals surface area contributed by atoms with Crippen LogP contribution in [0.1, 0.15) is 16.7 Å². The number of aryl methyl sites for hydroxylation is 2. The third kappa shape index (κ3) is 4.74. The van der Waals surface area contributed by atoms with Gasteiger partial charge >= 0.3 is 11.8 Å². The van der Waals surface area contributed by atoms with Gasteiger partial charge < -0.3 is 5.32 Å². The lowest BCUT2D eigenvalue weighted by molar-refractivity contribution is -0.136. The lowest BCUT2D eigenvalue weighted by Gasteiger charge is -2.08. The summed E-state index contributed by atoms with van der Waals surface area (Å²) in [5.74, 6) is -2.06. The zero-order valence-electron chi connectivity index (χ0n) is 12.8. The first kappa shape index (κ1) is 16.4. The summed E-state index contributed by atoms with van der Waals surface area (Å²) in [7, 11) is 0. The number of nitrogens with zero attached hydrogens (tertiary/aromatic N) is 1. The van der Waals surface area contributed by atoms with Crippen LogP contribution in [-0.4, -0.2) is 18.0 Å². The molecule has 23 heavy (non-hydrogen) atoms. The molecule has 0 aliphatic carbocycles. The van der Waals surface area contributed by atoms with E-state index in [1.165, 1.54) is 30.5 Å². The molecule has 2 aromatic rings. The van der Waals surface area contributed by atoms with Gasteiger partial charge in [-0.05, 0) is 43.2 Å². The molecule has 0 fully saturated rings. The molecule has 2 aromatic carbocycles. The summed E-state index contributed by atoms with van der Waals surface area (Å²) in [6, 6.07) is 11.0. The van der Waals surface area contributed by atoms with Gasteiger partial charge in [-0.1, -0.05) is 29.8 Å². The molecule has 0 aliphatic heterocycles. The molecule has 118 valence electrons. The molecule has 0 heterocycles. The number of anilines is 1. The van der Waals surface area contributed by atoms with Crippen molar-refractivity contribution in [3.8, 4) is 0 Å². The summed E-state index contributed by atoms with van der Waals surface area (Å²) in [6.45, 7) is 3.78. The van der Waals surface area contributed by atoms with Crippen LogP contribution in [0.25, 0.3) is 0 Å². The van der Waals surface area contributed by atoms with Crippen molar-refractivity contribution in [1.82, 2.24) is 5.43 Å². The minimum absolute atomic E-state index is 0.362. The highest BCUT2D eigenvalue weighted by Crippen LogP contribution is 2.15. The van der Waals surface area contributed by atoms with Crippen molar-refractivity contribution in [2.24, 2.45) is 5.10 Å². The quantitative estimate of drug-likeness (QED) is 0.519. The molecule has 5 nitrogen and oxygen atoms in total. The summed E-state index contributed by atoms with van der Waals surface area (Å²) in [5.41, 5.74) is 5.21. The van der Waals surface area contributed by atoms with Crippen molar-refractivity contribution in [3.63, 3.8) is 0 Å². The number of benzene rings is 2. The van der Waals surface area contributed by atoms with E-state index in [0.717, 1.165) is 11.1 Å². The zero-order chi connectivity index (χ0) is 16.8. The Kier molecular flexibility index (Phi) is 5.19. The Morgan fingerprint density at radius 2 is 1.74 bits per heavy atom. The van der Waals surface area contributed by atoms with Gasteiger partial charge in [-0.15, -0.1) is 0 Å². The van der Waals surface area contributed by atoms with E-state index in [0.29, 0.717) is 11.3 Å². The Hall–Kier alpha value is -3.02. The predicted octanol–water partition coefficient (Wildman–Crippen LogP) is 2.53. The smallest absolute Gasteiger partial charge is 0.317 e. The van der Waals surface area contributed by atoms with E-state index in [1.54, 1.807) is 6.07 Å². The lowest BCUT2D eigenvalue weighted by Crippen LogP contribution is -2.32. The highest BCUT2D eigenvalue weighted by atomic mass is 19.1. The lowest BCUT2D eigenvalue weighted by atomic mass is 10.1. The van der Waals surface area contributed by atoms with Crippen LogP contribution in [0.2, 0.25) is 0 Å². The van der Waals surface area contributed by atoms with Gasteiger partial charge in [-0.2, -0.15) is 5.10 Å². The molecule has 2 amide bonds. The molecule has 0 saturated heterocycles. The summed E-state index contributed by atoms with van der Waals surface area (Å²) in [6.07, 6.45) is 1.32. The molecule has 0 unspecified atom stereocenters. The molecule has 0 aromatic heterocycles. The van der Waals surface area contributed by atoms with Gasteiger partial charge in [-0.3, -0.25) is 9.59 Å². The number of hydrogen-bond acceptors (Lipinski definition) is 3. The number of rotatable bonds is 3. The average Bonchev–Trinajstić information content (AvgIpc) is 2.51. The number of carbonyl (C=O) groups excluding carboxylic acids is 2. The second kappa shape index (κ2) is 7.31. The summed E-state index contributed by atoms with van der Waals surface area (Å²) in [5, 5.41) is 6.18. The standard InChI is InChI=1S/C17H16FN3O2/c1-11-3-8-15(12(2)9-11)20-16(22)17(23)21-19-10-13-4-6-14(18)7-5-13/h3-10H,1-2H3,(H,20,22)(H,21,23)/b19-10+. The van der Waals surface area contributed by atoms with E-state index in [-0.39, 0.29) is 5.82 Å². The Morgan fingerprint density at radius 1 is 1.04 bits per heavy atom. The van der Waals surface area contributed by atoms with Gasteiger partial charge in [0.15, 0.2) is 0 Å². The first-order valence-electron chi connectivity index (χ1n) is 6.93. The van der Waals surface area contributed by atoms with Crippen LogP contribution in [0.4, 0.5) is 10.1 Å². The normalized spacial score (nSPS) is 10.6. The number of amides is 2. The third-order valence-corrected chi connectivity index (χ3v) is 3.09. The SMILES string of the molecule is Cc1ccc(NC(=O)C(=O)N/N=C/c2ccc(F)cc2)c(C)c1. The molecule has 2 N–H and O–H groups in total. The second-order valence-electron chi connectivity index (χ2n) is 5.02. The second-order valence-corrected chi connectivity index (χ2v) is 5.02. The molecule has 0 atom stereocenters. The van der Waals surface area contributed by atoms with Crippen molar-refractivity contribution in [1.29, 1.82) is 0 Å². The van der Waals surface area contributed by atoms with Crippen LogP contribution in [0, 0.1) is 19.7 Å². The highest BCUT2D eigenvalue weighted by Gasteiger charge is 2.13. The van der Waals surface area contributed by atoms with Crippen LogP contribution >= 0.6 is 0 Å². The summed E-state index contributed by atoms with van der Waals surface area (Å²) in [4.78, 5) is 23.5. The third-order valence-electron chi connectivity index (χ3n) is 3.09. The fourth-order valence-corrected chi connectivity index (χ4v) is 1.90. The van der Waals surface area contributed by atoms with Crippen LogP contribution < -0.4 is 10.7 Å². The molecule has 6 heteroatoms. The Morgan fingerprint density at radius 3 is 2.39 bits per heavy atom. The van der Waals surface area contributed by atoms with Crippen molar-refractivity contribution < 1.29 is 14.0 Å². The Balaban J connectivity index is 1.92. The number of hydrazone groups is 1. The van der Waals surface area contributed by atoms with Crippen molar-refractivity contribution in [2.75, 3.05) is 5.32 Å². The predicted molar refractivity (Wildman–Crippen MR) is 86.7 cm³/mol.